The maximum atomic E-state index is 12.6. The summed E-state index contributed by atoms with van der Waals surface area (Å²) in [5, 5.41) is 1.06. The van der Waals surface area contributed by atoms with Crippen LogP contribution in [-0.4, -0.2) is 41.1 Å². The van der Waals surface area contributed by atoms with Crippen LogP contribution in [0.25, 0.3) is 0 Å². The highest BCUT2D eigenvalue weighted by Gasteiger charge is 2.23. The third-order valence-corrected chi connectivity index (χ3v) is 6.48. The summed E-state index contributed by atoms with van der Waals surface area (Å²) in [6.07, 6.45) is 0.0677. The molecule has 1 aliphatic heterocycles. The Morgan fingerprint density at radius 2 is 2.04 bits per heavy atom. The lowest BCUT2D eigenvalue weighted by Crippen LogP contribution is -2.40. The van der Waals surface area contributed by atoms with Crippen molar-refractivity contribution in [1.29, 1.82) is 0 Å². The number of rotatable bonds is 5. The average Bonchev–Trinajstić information content (AvgIpc) is 2.62. The van der Waals surface area contributed by atoms with Gasteiger partial charge in [0.2, 0.25) is 0 Å². The first-order valence-corrected chi connectivity index (χ1v) is 10.3. The van der Waals surface area contributed by atoms with Gasteiger partial charge in [-0.05, 0) is 36.2 Å². The molecule has 3 nitrogen and oxygen atoms in total. The summed E-state index contributed by atoms with van der Waals surface area (Å²) in [4.78, 5) is 2.91. The molecule has 0 saturated carbocycles. The highest BCUT2D eigenvalue weighted by molar-refractivity contribution is 7.85. The Kier molecular flexibility index (Phi) is 6.53. The minimum absolute atomic E-state index is 0.0677. The van der Waals surface area contributed by atoms with E-state index in [0.717, 1.165) is 19.6 Å². The number of hydrogen-bond donors (Lipinski definition) is 0. The number of halogens is 2. The molecular formula is C19H21Cl2NO2S. The summed E-state index contributed by atoms with van der Waals surface area (Å²) in [6, 6.07) is 13.4. The van der Waals surface area contributed by atoms with Crippen LogP contribution in [0.15, 0.2) is 47.4 Å². The predicted octanol–water partition coefficient (Wildman–Crippen LogP) is 4.48. The van der Waals surface area contributed by atoms with E-state index in [2.05, 4.69) is 24.0 Å². The molecule has 0 N–H and O–H groups in total. The Morgan fingerprint density at radius 3 is 2.84 bits per heavy atom. The van der Waals surface area contributed by atoms with Gasteiger partial charge in [0, 0.05) is 30.4 Å². The van der Waals surface area contributed by atoms with Gasteiger partial charge in [-0.25, -0.2) is 0 Å². The van der Waals surface area contributed by atoms with Crippen LogP contribution >= 0.6 is 23.2 Å². The first-order chi connectivity index (χ1) is 12.0. The number of hydrogen-bond acceptors (Lipinski definition) is 3. The van der Waals surface area contributed by atoms with Crippen molar-refractivity contribution in [3.8, 4) is 0 Å². The Hall–Kier alpha value is -0.910. The normalized spacial score (nSPS) is 19.7. The molecule has 0 radical (unpaired) electrons. The molecule has 1 saturated heterocycles. The summed E-state index contributed by atoms with van der Waals surface area (Å²) >= 11 is 12.1. The van der Waals surface area contributed by atoms with Crippen LogP contribution in [0.2, 0.25) is 10.0 Å². The molecule has 0 spiro atoms. The van der Waals surface area contributed by atoms with Crippen molar-refractivity contribution in [1.82, 2.24) is 4.90 Å². The topological polar surface area (TPSA) is 29.5 Å². The molecule has 0 aromatic heterocycles. The summed E-state index contributed by atoms with van der Waals surface area (Å²) in [7, 11) is -1.17. The van der Waals surface area contributed by atoms with Gasteiger partial charge in [-0.15, -0.1) is 0 Å². The quantitative estimate of drug-likeness (QED) is 0.744. The van der Waals surface area contributed by atoms with Crippen LogP contribution in [0, 0.1) is 6.92 Å². The van der Waals surface area contributed by atoms with Gasteiger partial charge in [-0.3, -0.25) is 9.11 Å². The number of nitrogens with zero attached hydrogens (tertiary/aromatic N) is 1. The fourth-order valence-corrected chi connectivity index (χ4v) is 4.82. The summed E-state index contributed by atoms with van der Waals surface area (Å²) in [6.45, 7) is 5.19. The van der Waals surface area contributed by atoms with Crippen LogP contribution in [0.3, 0.4) is 0 Å². The van der Waals surface area contributed by atoms with Crippen LogP contribution in [0.5, 0.6) is 0 Å². The summed E-state index contributed by atoms with van der Waals surface area (Å²) in [5.41, 5.74) is 2.47. The second-order valence-corrected chi connectivity index (χ2v) is 8.52. The van der Waals surface area contributed by atoms with Crippen molar-refractivity contribution in [2.45, 2.75) is 17.9 Å². The lowest BCUT2D eigenvalue weighted by Gasteiger charge is -2.33. The first kappa shape index (κ1) is 18.9. The molecule has 0 amide bonds. The van der Waals surface area contributed by atoms with Gasteiger partial charge in [-0.1, -0.05) is 47.5 Å². The predicted molar refractivity (Wildman–Crippen MR) is 104 cm³/mol. The Labute approximate surface area is 161 Å². The lowest BCUT2D eigenvalue weighted by atomic mass is 10.0. The molecule has 3 rings (SSSR count). The third-order valence-electron chi connectivity index (χ3n) is 4.42. The van der Waals surface area contributed by atoms with E-state index in [-0.39, 0.29) is 6.10 Å². The van der Waals surface area contributed by atoms with E-state index in [4.69, 9.17) is 27.9 Å². The zero-order valence-corrected chi connectivity index (χ0v) is 16.4. The molecule has 25 heavy (non-hydrogen) atoms. The molecule has 2 aromatic carbocycles. The average molecular weight is 398 g/mol. The van der Waals surface area contributed by atoms with Crippen LogP contribution in [0.4, 0.5) is 0 Å². The molecule has 2 unspecified atom stereocenters. The highest BCUT2D eigenvalue weighted by Crippen LogP contribution is 2.26. The van der Waals surface area contributed by atoms with Crippen molar-refractivity contribution < 1.29 is 8.95 Å². The fraction of sp³-hybridized carbons (Fsp3) is 0.368. The van der Waals surface area contributed by atoms with Crippen LogP contribution < -0.4 is 0 Å². The largest absolute Gasteiger partial charge is 0.371 e. The van der Waals surface area contributed by atoms with Gasteiger partial charge >= 0.3 is 0 Å². The second-order valence-electron chi connectivity index (χ2n) is 6.14. The smallest absolute Gasteiger partial charge is 0.0954 e. The standard InChI is InChI=1S/C19H21Cl2NO2S/c1-14-4-2-3-5-16(14)18-13-22(8-10-24-18)9-11-25(23)19-12-15(20)6-7-17(19)21/h2-7,12,18H,8-11,13H2,1H3. The number of morpholine rings is 1. The molecule has 0 aliphatic carbocycles. The molecule has 2 aromatic rings. The number of ether oxygens (including phenoxy) is 1. The molecule has 1 fully saturated rings. The first-order valence-electron chi connectivity index (χ1n) is 8.27. The Bertz CT molecular complexity index is 769. The van der Waals surface area contributed by atoms with Gasteiger partial charge in [0.15, 0.2) is 0 Å². The molecule has 6 heteroatoms. The van der Waals surface area contributed by atoms with Crippen molar-refractivity contribution in [2.75, 3.05) is 32.0 Å². The van der Waals surface area contributed by atoms with Crippen molar-refractivity contribution >= 4 is 34.0 Å². The Morgan fingerprint density at radius 1 is 1.24 bits per heavy atom. The second kappa shape index (κ2) is 8.65. The van der Waals surface area contributed by atoms with Gasteiger partial charge in [0.1, 0.15) is 0 Å². The highest BCUT2D eigenvalue weighted by atomic mass is 35.5. The van der Waals surface area contributed by atoms with E-state index >= 15 is 0 Å². The molecule has 1 heterocycles. The zero-order chi connectivity index (χ0) is 17.8. The maximum Gasteiger partial charge on any atom is 0.0954 e. The van der Waals surface area contributed by atoms with E-state index in [9.17, 15) is 4.21 Å². The van der Waals surface area contributed by atoms with Crippen LogP contribution in [-0.2, 0) is 15.5 Å². The van der Waals surface area contributed by atoms with Crippen molar-refractivity contribution in [3.63, 3.8) is 0 Å². The minimum Gasteiger partial charge on any atom is -0.371 e. The summed E-state index contributed by atoms with van der Waals surface area (Å²) < 4.78 is 18.5. The molecule has 2 atom stereocenters. The van der Waals surface area contributed by atoms with E-state index < -0.39 is 10.8 Å². The van der Waals surface area contributed by atoms with Gasteiger partial charge in [0.25, 0.3) is 0 Å². The van der Waals surface area contributed by atoms with Crippen molar-refractivity contribution in [3.05, 3.63) is 63.6 Å². The van der Waals surface area contributed by atoms with E-state index in [1.165, 1.54) is 11.1 Å². The monoisotopic (exact) mass is 397 g/mol. The molecule has 1 aliphatic rings. The SMILES string of the molecule is Cc1ccccc1C1CN(CCS(=O)c2cc(Cl)ccc2Cl)CCO1. The summed E-state index contributed by atoms with van der Waals surface area (Å²) in [5.74, 6) is 0.528. The molecular weight excluding hydrogens is 377 g/mol. The lowest BCUT2D eigenvalue weighted by molar-refractivity contribution is -0.0281. The third kappa shape index (κ3) is 4.83. The molecule has 0 bridgehead atoms. The van der Waals surface area contributed by atoms with E-state index in [1.54, 1.807) is 18.2 Å². The van der Waals surface area contributed by atoms with Crippen LogP contribution in [0.1, 0.15) is 17.2 Å². The zero-order valence-electron chi connectivity index (χ0n) is 14.1. The minimum atomic E-state index is -1.17. The van der Waals surface area contributed by atoms with Gasteiger partial charge in [0.05, 0.1) is 33.4 Å². The van der Waals surface area contributed by atoms with Gasteiger partial charge in [-0.2, -0.15) is 0 Å². The number of aryl methyl sites for hydroxylation is 1. The molecule has 134 valence electrons. The number of benzene rings is 2. The van der Waals surface area contributed by atoms with E-state index in [1.807, 2.05) is 12.1 Å². The Balaban J connectivity index is 1.61. The van der Waals surface area contributed by atoms with Gasteiger partial charge < -0.3 is 4.74 Å². The fourth-order valence-electron chi connectivity index (χ4n) is 3.02. The van der Waals surface area contributed by atoms with E-state index in [0.29, 0.717) is 27.3 Å². The van der Waals surface area contributed by atoms with Crippen molar-refractivity contribution in [2.24, 2.45) is 0 Å². The maximum absolute atomic E-state index is 12.6.